The van der Waals surface area contributed by atoms with E-state index < -0.39 is 31.0 Å². The van der Waals surface area contributed by atoms with E-state index in [1.54, 1.807) is 12.1 Å². The maximum Gasteiger partial charge on any atom is 0.217 e. The second-order valence-corrected chi connectivity index (χ2v) is 8.95. The first-order chi connectivity index (χ1) is 14.6. The van der Waals surface area contributed by atoms with E-state index in [4.69, 9.17) is 16.7 Å². The second-order valence-electron chi connectivity index (χ2n) is 8.51. The zero-order chi connectivity index (χ0) is 22.8. The minimum absolute atomic E-state index is 0.0292. The summed E-state index contributed by atoms with van der Waals surface area (Å²) in [5.74, 6) is 0.298. The lowest BCUT2D eigenvalue weighted by atomic mass is 9.73. The third-order valence-corrected chi connectivity index (χ3v) is 5.49. The molecular formula is C21H27ClN4O5. The summed E-state index contributed by atoms with van der Waals surface area (Å²) in [4.78, 5) is 17.5. The van der Waals surface area contributed by atoms with Crippen LogP contribution in [0.3, 0.4) is 0 Å². The summed E-state index contributed by atoms with van der Waals surface area (Å²) in [6.45, 7) is 3.35. The van der Waals surface area contributed by atoms with Crippen molar-refractivity contribution in [3.05, 3.63) is 46.1 Å². The van der Waals surface area contributed by atoms with Crippen molar-refractivity contribution >= 4 is 29.6 Å². The van der Waals surface area contributed by atoms with Gasteiger partial charge in [0.15, 0.2) is 5.78 Å². The number of carbonyl (C=O) groups is 1. The number of aliphatic hydroxyl groups excluding tert-OH is 4. The van der Waals surface area contributed by atoms with E-state index in [1.807, 2.05) is 26.0 Å². The van der Waals surface area contributed by atoms with Gasteiger partial charge in [-0.25, -0.2) is 10.4 Å². The van der Waals surface area contributed by atoms with E-state index in [9.17, 15) is 20.1 Å². The lowest BCUT2D eigenvalue weighted by Crippen LogP contribution is -2.44. The highest BCUT2D eigenvalue weighted by atomic mass is 35.5. The van der Waals surface area contributed by atoms with Crippen molar-refractivity contribution in [2.24, 2.45) is 15.5 Å². The normalized spacial score (nSPS) is 23.6. The summed E-state index contributed by atoms with van der Waals surface area (Å²) in [6, 6.07) is 6.57. The van der Waals surface area contributed by atoms with Crippen LogP contribution in [0.5, 0.6) is 0 Å². The number of rotatable bonds is 6. The Morgan fingerprint density at radius 2 is 1.97 bits per heavy atom. The number of benzene rings is 1. The maximum atomic E-state index is 12.9. The van der Waals surface area contributed by atoms with Crippen molar-refractivity contribution in [3.63, 3.8) is 0 Å². The summed E-state index contributed by atoms with van der Waals surface area (Å²) in [7, 11) is 0. The highest BCUT2D eigenvalue weighted by Gasteiger charge is 2.39. The first-order valence-corrected chi connectivity index (χ1v) is 10.3. The molecule has 4 atom stereocenters. The zero-order valence-corrected chi connectivity index (χ0v) is 18.0. The molecule has 0 amide bonds. The topological polar surface area (TPSA) is 147 Å². The van der Waals surface area contributed by atoms with Gasteiger partial charge < -0.3 is 25.7 Å². The van der Waals surface area contributed by atoms with Gasteiger partial charge in [0.25, 0.3) is 0 Å². The molecule has 1 heterocycles. The quantitative estimate of drug-likeness (QED) is 0.275. The number of aliphatic imine (C=N–C) groups is 1. The van der Waals surface area contributed by atoms with Crippen molar-refractivity contribution in [3.8, 4) is 0 Å². The van der Waals surface area contributed by atoms with Gasteiger partial charge in [0.2, 0.25) is 5.96 Å². The number of guanidine groups is 1. The molecule has 0 spiro atoms. The van der Waals surface area contributed by atoms with Gasteiger partial charge in [-0.3, -0.25) is 4.79 Å². The number of halogens is 1. The van der Waals surface area contributed by atoms with Gasteiger partial charge in [-0.15, -0.1) is 0 Å². The average molecular weight is 451 g/mol. The molecular weight excluding hydrogens is 424 g/mol. The summed E-state index contributed by atoms with van der Waals surface area (Å²) in [6.07, 6.45) is -2.53. The van der Waals surface area contributed by atoms with Crippen LogP contribution in [0.4, 0.5) is 0 Å². The molecule has 9 nitrogen and oxygen atoms in total. The molecule has 1 aliphatic carbocycles. The SMILES string of the molecule is CC1(C)CC(=O)C2=C(C1)NC(N/N=C/[C@H](O)[C@H](O)[C@H](O)CO)=NC2c1ccc(Cl)cc1. The number of nitrogens with one attached hydrogen (secondary N) is 2. The lowest BCUT2D eigenvalue weighted by Gasteiger charge is -2.37. The monoisotopic (exact) mass is 450 g/mol. The Hall–Kier alpha value is -2.30. The minimum Gasteiger partial charge on any atom is -0.394 e. The van der Waals surface area contributed by atoms with E-state index >= 15 is 0 Å². The van der Waals surface area contributed by atoms with Gasteiger partial charge in [-0.05, 0) is 29.5 Å². The molecule has 0 fully saturated rings. The number of hydrogen-bond donors (Lipinski definition) is 6. The molecule has 0 saturated carbocycles. The third-order valence-electron chi connectivity index (χ3n) is 5.24. The Balaban J connectivity index is 1.85. The maximum absolute atomic E-state index is 12.9. The van der Waals surface area contributed by atoms with Crippen molar-refractivity contribution in [2.45, 2.75) is 51.0 Å². The van der Waals surface area contributed by atoms with Crippen molar-refractivity contribution in [1.82, 2.24) is 10.7 Å². The first kappa shape index (κ1) is 23.4. The van der Waals surface area contributed by atoms with Gasteiger partial charge in [-0.1, -0.05) is 37.6 Å². The summed E-state index contributed by atoms with van der Waals surface area (Å²) in [5, 5.41) is 45.4. The van der Waals surface area contributed by atoms with E-state index in [2.05, 4.69) is 20.8 Å². The van der Waals surface area contributed by atoms with Crippen LogP contribution in [0, 0.1) is 5.41 Å². The number of carbonyl (C=O) groups excluding carboxylic acids is 1. The molecule has 10 heteroatoms. The zero-order valence-electron chi connectivity index (χ0n) is 17.3. The van der Waals surface area contributed by atoms with Crippen LogP contribution >= 0.6 is 11.6 Å². The molecule has 0 radical (unpaired) electrons. The van der Waals surface area contributed by atoms with Crippen molar-refractivity contribution in [2.75, 3.05) is 6.61 Å². The van der Waals surface area contributed by atoms with Crippen LogP contribution in [-0.2, 0) is 4.79 Å². The standard InChI is InChI=1S/C21H27ClN4O5/c1-21(2)7-13-17(14(28)8-21)18(11-3-5-12(22)6-4-11)25-20(24-13)26-23-9-15(29)19(31)16(30)10-27/h3-6,9,15-16,18-19,27,29-31H,7-8,10H2,1-2H3,(H2,24,25,26)/b23-9+/t15-,16+,18?,19-/m0/s1. The predicted molar refractivity (Wildman–Crippen MR) is 117 cm³/mol. The highest BCUT2D eigenvalue weighted by Crippen LogP contribution is 2.42. The smallest absolute Gasteiger partial charge is 0.217 e. The highest BCUT2D eigenvalue weighted by molar-refractivity contribution is 6.30. The molecule has 2 aliphatic rings. The number of nitrogens with zero attached hydrogens (tertiary/aromatic N) is 2. The molecule has 1 aliphatic heterocycles. The van der Waals surface area contributed by atoms with Crippen molar-refractivity contribution < 1.29 is 25.2 Å². The van der Waals surface area contributed by atoms with E-state index in [1.165, 1.54) is 0 Å². The van der Waals surface area contributed by atoms with Crippen LogP contribution in [0.15, 0.2) is 45.6 Å². The van der Waals surface area contributed by atoms with Gasteiger partial charge in [-0.2, -0.15) is 5.10 Å². The van der Waals surface area contributed by atoms with E-state index in [0.29, 0.717) is 23.4 Å². The molecule has 3 rings (SSSR count). The van der Waals surface area contributed by atoms with Crippen LogP contribution in [0.1, 0.15) is 38.3 Å². The van der Waals surface area contributed by atoms with E-state index in [0.717, 1.165) is 17.5 Å². The van der Waals surface area contributed by atoms with Gasteiger partial charge >= 0.3 is 0 Å². The molecule has 1 aromatic carbocycles. The predicted octanol–water partition coefficient (Wildman–Crippen LogP) is 0.634. The van der Waals surface area contributed by atoms with Gasteiger partial charge in [0.1, 0.15) is 24.4 Å². The Labute approximate surface area is 185 Å². The number of hydrogen-bond acceptors (Lipinski definition) is 9. The molecule has 1 aromatic rings. The number of allylic oxidation sites excluding steroid dienone is 1. The lowest BCUT2D eigenvalue weighted by molar-refractivity contribution is -0.118. The van der Waals surface area contributed by atoms with Crippen LogP contribution in [-0.4, -0.2) is 63.3 Å². The van der Waals surface area contributed by atoms with Crippen LogP contribution in [0.2, 0.25) is 5.02 Å². The molecule has 31 heavy (non-hydrogen) atoms. The largest absolute Gasteiger partial charge is 0.394 e. The molecule has 1 unspecified atom stereocenters. The molecule has 6 N–H and O–H groups in total. The summed E-state index contributed by atoms with van der Waals surface area (Å²) in [5.41, 5.74) is 4.63. The molecule has 0 aromatic heterocycles. The number of hydrazone groups is 1. The summed E-state index contributed by atoms with van der Waals surface area (Å²) < 4.78 is 0. The Kier molecular flexibility index (Phi) is 7.13. The fourth-order valence-corrected chi connectivity index (χ4v) is 3.80. The fraction of sp³-hybridized carbons (Fsp3) is 0.476. The summed E-state index contributed by atoms with van der Waals surface area (Å²) >= 11 is 6.00. The molecule has 0 saturated heterocycles. The number of aliphatic hydroxyl groups is 4. The van der Waals surface area contributed by atoms with Crippen LogP contribution < -0.4 is 10.7 Å². The number of Topliss-reactive ketones (excluding diaryl/α,β-unsaturated/α-hetero) is 1. The Bertz CT molecular complexity index is 913. The number of ketones is 1. The Morgan fingerprint density at radius 1 is 1.29 bits per heavy atom. The second kappa shape index (κ2) is 9.46. The van der Waals surface area contributed by atoms with Gasteiger partial charge in [0.05, 0.1) is 12.8 Å². The minimum atomic E-state index is -1.59. The fourth-order valence-electron chi connectivity index (χ4n) is 3.67. The van der Waals surface area contributed by atoms with Gasteiger partial charge in [0, 0.05) is 22.7 Å². The molecule has 0 bridgehead atoms. The third kappa shape index (κ3) is 5.50. The Morgan fingerprint density at radius 3 is 2.61 bits per heavy atom. The van der Waals surface area contributed by atoms with Crippen molar-refractivity contribution in [1.29, 1.82) is 0 Å². The van der Waals surface area contributed by atoms with Crippen LogP contribution in [0.25, 0.3) is 0 Å². The average Bonchev–Trinajstić information content (AvgIpc) is 2.71. The first-order valence-electron chi connectivity index (χ1n) is 9.92. The van der Waals surface area contributed by atoms with E-state index in [-0.39, 0.29) is 17.2 Å². The molecule has 168 valence electrons.